The molecule has 0 bridgehead atoms. The second kappa shape index (κ2) is 5.50. The first-order valence-corrected chi connectivity index (χ1v) is 7.29. The topological polar surface area (TPSA) is 58.4 Å². The summed E-state index contributed by atoms with van der Waals surface area (Å²) in [5.74, 6) is -0.0573. The lowest BCUT2D eigenvalue weighted by atomic mass is 9.97. The van der Waals surface area contributed by atoms with Crippen molar-refractivity contribution in [2.45, 2.75) is 45.7 Å². The van der Waals surface area contributed by atoms with Gasteiger partial charge in [0.05, 0.1) is 5.69 Å². The Labute approximate surface area is 125 Å². The lowest BCUT2D eigenvalue weighted by Crippen LogP contribution is -2.55. The van der Waals surface area contributed by atoms with E-state index in [9.17, 15) is 9.59 Å². The minimum atomic E-state index is -0.726. The molecule has 2 amide bonds. The number of aryl methyl sites for hydroxylation is 2. The molecule has 1 saturated heterocycles. The Bertz CT molecular complexity index is 564. The molecular weight excluding hydrogens is 268 g/mol. The number of amides is 2. The van der Waals surface area contributed by atoms with Crippen LogP contribution in [0.4, 0.5) is 0 Å². The van der Waals surface area contributed by atoms with Gasteiger partial charge in [-0.1, -0.05) is 0 Å². The van der Waals surface area contributed by atoms with Gasteiger partial charge in [0.15, 0.2) is 0 Å². The summed E-state index contributed by atoms with van der Waals surface area (Å²) in [4.78, 5) is 28.3. The van der Waals surface area contributed by atoms with E-state index in [-0.39, 0.29) is 18.4 Å². The third-order valence-corrected chi connectivity index (χ3v) is 4.20. The first-order chi connectivity index (χ1) is 9.75. The molecule has 6 heteroatoms. The minimum Gasteiger partial charge on any atom is -0.347 e. The molecule has 1 aromatic heterocycles. The second-order valence-electron chi connectivity index (χ2n) is 6.21. The van der Waals surface area contributed by atoms with Gasteiger partial charge >= 0.3 is 0 Å². The number of hydrogen-bond acceptors (Lipinski definition) is 3. The zero-order valence-corrected chi connectivity index (χ0v) is 13.5. The highest BCUT2D eigenvalue weighted by Crippen LogP contribution is 2.30. The third kappa shape index (κ3) is 2.80. The fourth-order valence-corrected chi connectivity index (χ4v) is 3.12. The van der Waals surface area contributed by atoms with Crippen LogP contribution in [0.2, 0.25) is 0 Å². The molecule has 0 radical (unpaired) electrons. The van der Waals surface area contributed by atoms with Gasteiger partial charge in [0.1, 0.15) is 12.1 Å². The van der Waals surface area contributed by atoms with E-state index in [4.69, 9.17) is 0 Å². The van der Waals surface area contributed by atoms with Crippen LogP contribution >= 0.6 is 0 Å². The maximum atomic E-state index is 12.6. The molecule has 1 fully saturated rings. The van der Waals surface area contributed by atoms with Crippen molar-refractivity contribution < 1.29 is 9.59 Å². The van der Waals surface area contributed by atoms with Crippen LogP contribution in [0.25, 0.3) is 0 Å². The molecule has 6 nitrogen and oxygen atoms in total. The van der Waals surface area contributed by atoms with Crippen molar-refractivity contribution in [1.82, 2.24) is 19.6 Å². The molecule has 1 aliphatic rings. The monoisotopic (exact) mass is 292 g/mol. The molecule has 0 saturated carbocycles. The first kappa shape index (κ1) is 15.5. The van der Waals surface area contributed by atoms with Gasteiger partial charge in [-0.2, -0.15) is 5.10 Å². The Morgan fingerprint density at radius 1 is 1.38 bits per heavy atom. The zero-order valence-electron chi connectivity index (χ0n) is 13.5. The van der Waals surface area contributed by atoms with E-state index in [1.54, 1.807) is 28.6 Å². The highest BCUT2D eigenvalue weighted by atomic mass is 16.2. The number of likely N-dealkylation sites (N-methyl/N-ethyl adjacent to an activating group) is 1. The fourth-order valence-electron chi connectivity index (χ4n) is 3.12. The van der Waals surface area contributed by atoms with Gasteiger partial charge in [-0.15, -0.1) is 0 Å². The largest absolute Gasteiger partial charge is 0.347 e. The SMILES string of the molecule is Cc1cc(C)n(CC(=O)N2CCC[C@@]2(C)C(=O)N(C)C)n1. The molecule has 1 aliphatic heterocycles. The molecule has 2 heterocycles. The van der Waals surface area contributed by atoms with E-state index < -0.39 is 5.54 Å². The van der Waals surface area contributed by atoms with Crippen LogP contribution in [0.1, 0.15) is 31.2 Å². The molecule has 0 spiro atoms. The van der Waals surface area contributed by atoms with Crippen molar-refractivity contribution in [1.29, 1.82) is 0 Å². The number of carbonyl (C=O) groups excluding carboxylic acids is 2. The smallest absolute Gasteiger partial charge is 0.247 e. The molecule has 0 unspecified atom stereocenters. The van der Waals surface area contributed by atoms with Crippen molar-refractivity contribution in [3.63, 3.8) is 0 Å². The summed E-state index contributed by atoms with van der Waals surface area (Å²) >= 11 is 0. The molecular formula is C15H24N4O2. The van der Waals surface area contributed by atoms with Crippen LogP contribution < -0.4 is 0 Å². The quantitative estimate of drug-likeness (QED) is 0.834. The van der Waals surface area contributed by atoms with Crippen molar-refractivity contribution in [2.75, 3.05) is 20.6 Å². The van der Waals surface area contributed by atoms with Crippen molar-refractivity contribution >= 4 is 11.8 Å². The van der Waals surface area contributed by atoms with E-state index in [0.29, 0.717) is 13.0 Å². The average Bonchev–Trinajstić information content (AvgIpc) is 2.92. The van der Waals surface area contributed by atoms with E-state index in [1.165, 1.54) is 0 Å². The second-order valence-corrected chi connectivity index (χ2v) is 6.21. The third-order valence-electron chi connectivity index (χ3n) is 4.20. The van der Waals surface area contributed by atoms with E-state index in [2.05, 4.69) is 5.10 Å². The molecule has 1 aromatic rings. The predicted molar refractivity (Wildman–Crippen MR) is 79.7 cm³/mol. The molecule has 0 aliphatic carbocycles. The first-order valence-electron chi connectivity index (χ1n) is 7.29. The lowest BCUT2D eigenvalue weighted by molar-refractivity contribution is -0.149. The van der Waals surface area contributed by atoms with Gasteiger partial charge in [0.2, 0.25) is 11.8 Å². The number of likely N-dealkylation sites (tertiary alicyclic amines) is 1. The van der Waals surface area contributed by atoms with Gasteiger partial charge in [0, 0.05) is 26.3 Å². The maximum Gasteiger partial charge on any atom is 0.247 e. The van der Waals surface area contributed by atoms with Gasteiger partial charge in [-0.25, -0.2) is 0 Å². The summed E-state index contributed by atoms with van der Waals surface area (Å²) in [7, 11) is 3.46. The van der Waals surface area contributed by atoms with Crippen LogP contribution in [0.5, 0.6) is 0 Å². The van der Waals surface area contributed by atoms with Crippen LogP contribution in [0.3, 0.4) is 0 Å². The molecule has 116 valence electrons. The Balaban J connectivity index is 2.18. The molecule has 0 aromatic carbocycles. The average molecular weight is 292 g/mol. The highest BCUT2D eigenvalue weighted by molar-refractivity contribution is 5.91. The number of nitrogens with zero attached hydrogens (tertiary/aromatic N) is 4. The Morgan fingerprint density at radius 2 is 2.05 bits per heavy atom. The number of rotatable bonds is 3. The van der Waals surface area contributed by atoms with Gasteiger partial charge < -0.3 is 9.80 Å². The number of carbonyl (C=O) groups is 2. The summed E-state index contributed by atoms with van der Waals surface area (Å²) in [6.45, 7) is 6.52. The van der Waals surface area contributed by atoms with Crippen LogP contribution in [-0.2, 0) is 16.1 Å². The fraction of sp³-hybridized carbons (Fsp3) is 0.667. The Kier molecular flexibility index (Phi) is 4.07. The lowest BCUT2D eigenvalue weighted by Gasteiger charge is -2.35. The van der Waals surface area contributed by atoms with Gasteiger partial charge in [-0.3, -0.25) is 14.3 Å². The van der Waals surface area contributed by atoms with Crippen molar-refractivity contribution in [3.05, 3.63) is 17.5 Å². The number of hydrogen-bond donors (Lipinski definition) is 0. The van der Waals surface area contributed by atoms with Crippen molar-refractivity contribution in [3.8, 4) is 0 Å². The summed E-state index contributed by atoms with van der Waals surface area (Å²) in [5, 5.41) is 4.32. The van der Waals surface area contributed by atoms with Gasteiger partial charge in [-0.05, 0) is 39.7 Å². The van der Waals surface area contributed by atoms with E-state index in [0.717, 1.165) is 17.8 Å². The Hall–Kier alpha value is -1.85. The summed E-state index contributed by atoms with van der Waals surface area (Å²) in [5.41, 5.74) is 1.13. The molecule has 2 rings (SSSR count). The Morgan fingerprint density at radius 3 is 2.57 bits per heavy atom. The summed E-state index contributed by atoms with van der Waals surface area (Å²) in [6, 6.07) is 1.95. The zero-order chi connectivity index (χ0) is 15.8. The summed E-state index contributed by atoms with van der Waals surface area (Å²) < 4.78 is 1.70. The standard InChI is InChI=1S/C15H24N4O2/c1-11-9-12(2)19(16-11)10-13(20)18-8-6-7-15(18,3)14(21)17(4)5/h9H,6-8,10H2,1-5H3/t15-/m0/s1. The van der Waals surface area contributed by atoms with Crippen LogP contribution in [-0.4, -0.2) is 57.6 Å². The predicted octanol–water partition coefficient (Wildman–Crippen LogP) is 0.969. The normalized spacial score (nSPS) is 21.7. The van der Waals surface area contributed by atoms with Crippen molar-refractivity contribution in [2.24, 2.45) is 0 Å². The molecule has 21 heavy (non-hydrogen) atoms. The maximum absolute atomic E-state index is 12.6. The van der Waals surface area contributed by atoms with Crippen LogP contribution in [0.15, 0.2) is 6.07 Å². The van der Waals surface area contributed by atoms with E-state index in [1.807, 2.05) is 26.8 Å². The highest BCUT2D eigenvalue weighted by Gasteiger charge is 2.46. The molecule has 1 atom stereocenters. The van der Waals surface area contributed by atoms with Crippen LogP contribution in [0, 0.1) is 13.8 Å². The minimum absolute atomic E-state index is 0.0123. The van der Waals surface area contributed by atoms with E-state index >= 15 is 0 Å². The number of aromatic nitrogens is 2. The van der Waals surface area contributed by atoms with Gasteiger partial charge in [0.25, 0.3) is 0 Å². The summed E-state index contributed by atoms with van der Waals surface area (Å²) in [6.07, 6.45) is 1.58. The molecule has 0 N–H and O–H groups in total.